The maximum Gasteiger partial charge on any atom is 0.231 e. The molecule has 32 heavy (non-hydrogen) atoms. The molecule has 0 saturated carbocycles. The standard InChI is InChI=1S/C25H32N4O3/c30-25(27-16-21-5-1-2-11-26-21)19-7-14-29(15-8-19)22-9-12-28(13-10-22)17-20-4-3-6-23-24(20)32-18-31-23/h1-6,11,19,22H,7-10,12-18H2,(H,27,30). The predicted molar refractivity (Wildman–Crippen MR) is 121 cm³/mol. The summed E-state index contributed by atoms with van der Waals surface area (Å²) in [6.07, 6.45) is 6.02. The van der Waals surface area contributed by atoms with Gasteiger partial charge in [-0.25, -0.2) is 0 Å². The van der Waals surface area contributed by atoms with Gasteiger partial charge in [-0.2, -0.15) is 0 Å². The molecule has 0 aliphatic carbocycles. The first-order chi connectivity index (χ1) is 15.8. The van der Waals surface area contributed by atoms with E-state index in [1.807, 2.05) is 30.3 Å². The van der Waals surface area contributed by atoms with Crippen LogP contribution < -0.4 is 14.8 Å². The van der Waals surface area contributed by atoms with Crippen LogP contribution >= 0.6 is 0 Å². The molecule has 0 bridgehead atoms. The highest BCUT2D eigenvalue weighted by Crippen LogP contribution is 2.36. The largest absolute Gasteiger partial charge is 0.454 e. The van der Waals surface area contributed by atoms with Crippen molar-refractivity contribution in [1.82, 2.24) is 20.1 Å². The molecule has 3 aliphatic rings. The van der Waals surface area contributed by atoms with Crippen LogP contribution in [-0.4, -0.2) is 59.7 Å². The Kier molecular flexibility index (Phi) is 6.55. The van der Waals surface area contributed by atoms with Crippen LogP contribution in [0.25, 0.3) is 0 Å². The molecule has 5 rings (SSSR count). The van der Waals surface area contributed by atoms with Gasteiger partial charge in [0.25, 0.3) is 0 Å². The maximum absolute atomic E-state index is 12.6. The zero-order chi connectivity index (χ0) is 21.8. The van der Waals surface area contributed by atoms with Gasteiger partial charge in [0.2, 0.25) is 12.7 Å². The van der Waals surface area contributed by atoms with Crippen molar-refractivity contribution in [3.63, 3.8) is 0 Å². The van der Waals surface area contributed by atoms with E-state index in [0.29, 0.717) is 19.4 Å². The first kappa shape index (κ1) is 21.2. The van der Waals surface area contributed by atoms with E-state index in [-0.39, 0.29) is 11.8 Å². The summed E-state index contributed by atoms with van der Waals surface area (Å²) in [7, 11) is 0. The molecule has 0 atom stereocenters. The SMILES string of the molecule is O=C(NCc1ccccn1)C1CCN(C2CCN(Cc3cccc4c3OCO4)CC2)CC1. The first-order valence-corrected chi connectivity index (χ1v) is 11.8. The van der Waals surface area contributed by atoms with Crippen molar-refractivity contribution in [2.24, 2.45) is 5.92 Å². The molecule has 1 amide bonds. The van der Waals surface area contributed by atoms with E-state index in [9.17, 15) is 4.79 Å². The van der Waals surface area contributed by atoms with Crippen molar-refractivity contribution >= 4 is 5.91 Å². The molecule has 2 saturated heterocycles. The molecule has 2 aromatic rings. The lowest BCUT2D eigenvalue weighted by atomic mass is 9.92. The number of rotatable bonds is 6. The summed E-state index contributed by atoms with van der Waals surface area (Å²) in [4.78, 5) is 22.0. The van der Waals surface area contributed by atoms with Gasteiger partial charge in [-0.3, -0.25) is 14.7 Å². The molecule has 4 heterocycles. The Balaban J connectivity index is 1.05. The number of nitrogens with zero attached hydrogens (tertiary/aromatic N) is 3. The van der Waals surface area contributed by atoms with E-state index in [1.165, 1.54) is 18.4 Å². The van der Waals surface area contributed by atoms with Gasteiger partial charge >= 0.3 is 0 Å². The van der Waals surface area contributed by atoms with Crippen LogP contribution in [0.15, 0.2) is 42.6 Å². The predicted octanol–water partition coefficient (Wildman–Crippen LogP) is 2.80. The van der Waals surface area contributed by atoms with Crippen molar-refractivity contribution < 1.29 is 14.3 Å². The Labute approximate surface area is 189 Å². The van der Waals surface area contributed by atoms with E-state index >= 15 is 0 Å². The molecular formula is C25H32N4O3. The highest BCUT2D eigenvalue weighted by Gasteiger charge is 2.31. The van der Waals surface area contributed by atoms with Crippen LogP contribution in [0.4, 0.5) is 0 Å². The highest BCUT2D eigenvalue weighted by atomic mass is 16.7. The lowest BCUT2D eigenvalue weighted by Gasteiger charge is -2.41. The van der Waals surface area contributed by atoms with E-state index in [1.54, 1.807) is 6.20 Å². The zero-order valence-electron chi connectivity index (χ0n) is 18.5. The summed E-state index contributed by atoms with van der Waals surface area (Å²) in [6, 6.07) is 12.6. The van der Waals surface area contributed by atoms with Crippen LogP contribution in [0.1, 0.15) is 36.9 Å². The van der Waals surface area contributed by atoms with E-state index in [2.05, 4.69) is 26.2 Å². The first-order valence-electron chi connectivity index (χ1n) is 11.8. The number of pyridine rings is 1. The average Bonchev–Trinajstić information content (AvgIpc) is 3.34. The smallest absolute Gasteiger partial charge is 0.231 e. The minimum Gasteiger partial charge on any atom is -0.454 e. The van der Waals surface area contributed by atoms with Crippen molar-refractivity contribution in [3.05, 3.63) is 53.9 Å². The topological polar surface area (TPSA) is 66.9 Å². The number of hydrogen-bond donors (Lipinski definition) is 1. The van der Waals surface area contributed by atoms with Crippen molar-refractivity contribution in [2.75, 3.05) is 33.0 Å². The second-order valence-electron chi connectivity index (χ2n) is 9.01. The van der Waals surface area contributed by atoms with Crippen LogP contribution in [0.5, 0.6) is 11.5 Å². The molecule has 0 spiro atoms. The number of piperidine rings is 2. The number of likely N-dealkylation sites (tertiary alicyclic amines) is 2. The van der Waals surface area contributed by atoms with Gasteiger partial charge < -0.3 is 19.7 Å². The molecule has 1 aromatic heterocycles. The Hall–Kier alpha value is -2.64. The third kappa shape index (κ3) is 4.89. The van der Waals surface area contributed by atoms with Crippen LogP contribution in [0.2, 0.25) is 0 Å². The number of amides is 1. The Morgan fingerprint density at radius 3 is 2.62 bits per heavy atom. The number of benzene rings is 1. The summed E-state index contributed by atoms with van der Waals surface area (Å²) in [6.45, 7) is 5.98. The molecule has 7 nitrogen and oxygen atoms in total. The maximum atomic E-state index is 12.6. The fourth-order valence-corrected chi connectivity index (χ4v) is 5.15. The molecule has 3 aliphatic heterocycles. The fourth-order valence-electron chi connectivity index (χ4n) is 5.15. The molecular weight excluding hydrogens is 404 g/mol. The molecule has 170 valence electrons. The van der Waals surface area contributed by atoms with Crippen molar-refractivity contribution in [3.8, 4) is 11.5 Å². The number of para-hydroxylation sites is 1. The van der Waals surface area contributed by atoms with Gasteiger partial charge in [0.15, 0.2) is 11.5 Å². The fraction of sp³-hybridized carbons (Fsp3) is 0.520. The van der Waals surface area contributed by atoms with Gasteiger partial charge in [-0.05, 0) is 70.1 Å². The second-order valence-corrected chi connectivity index (χ2v) is 9.01. The van der Waals surface area contributed by atoms with Crippen LogP contribution in [0, 0.1) is 5.92 Å². The summed E-state index contributed by atoms with van der Waals surface area (Å²) in [5, 5.41) is 3.06. The molecule has 7 heteroatoms. The lowest BCUT2D eigenvalue weighted by Crippen LogP contribution is -2.49. The number of carbonyl (C=O) groups excluding carboxylic acids is 1. The summed E-state index contributed by atoms with van der Waals surface area (Å²) in [5.41, 5.74) is 2.13. The number of ether oxygens (including phenoxy) is 2. The Bertz CT molecular complexity index is 907. The molecule has 0 unspecified atom stereocenters. The summed E-state index contributed by atoms with van der Waals surface area (Å²) in [5.74, 6) is 2.08. The van der Waals surface area contributed by atoms with E-state index in [0.717, 1.165) is 62.8 Å². The zero-order valence-corrected chi connectivity index (χ0v) is 18.5. The van der Waals surface area contributed by atoms with E-state index < -0.39 is 0 Å². The monoisotopic (exact) mass is 436 g/mol. The molecule has 2 fully saturated rings. The molecule has 1 aromatic carbocycles. The van der Waals surface area contributed by atoms with Gasteiger partial charge in [-0.1, -0.05) is 18.2 Å². The minimum atomic E-state index is 0.123. The number of carbonyl (C=O) groups is 1. The summed E-state index contributed by atoms with van der Waals surface area (Å²) < 4.78 is 11.2. The number of hydrogen-bond acceptors (Lipinski definition) is 6. The third-order valence-corrected chi connectivity index (χ3v) is 7.02. The van der Waals surface area contributed by atoms with Crippen LogP contribution in [0.3, 0.4) is 0 Å². The lowest BCUT2D eigenvalue weighted by molar-refractivity contribution is -0.126. The molecule has 0 radical (unpaired) electrons. The minimum absolute atomic E-state index is 0.123. The number of aromatic nitrogens is 1. The highest BCUT2D eigenvalue weighted by molar-refractivity contribution is 5.78. The number of nitrogens with one attached hydrogen (secondary N) is 1. The van der Waals surface area contributed by atoms with Gasteiger partial charge in [0.1, 0.15) is 0 Å². The average molecular weight is 437 g/mol. The quantitative estimate of drug-likeness (QED) is 0.751. The summed E-state index contributed by atoms with van der Waals surface area (Å²) >= 11 is 0. The molecule has 1 N–H and O–H groups in total. The van der Waals surface area contributed by atoms with Gasteiger partial charge in [0.05, 0.1) is 12.2 Å². The van der Waals surface area contributed by atoms with Crippen LogP contribution in [-0.2, 0) is 17.9 Å². The Morgan fingerprint density at radius 2 is 1.84 bits per heavy atom. The van der Waals surface area contributed by atoms with Gasteiger partial charge in [-0.15, -0.1) is 0 Å². The normalized spacial score (nSPS) is 20.4. The number of fused-ring (bicyclic) bond motifs is 1. The second kappa shape index (κ2) is 9.88. The Morgan fingerprint density at radius 1 is 1.00 bits per heavy atom. The van der Waals surface area contributed by atoms with E-state index in [4.69, 9.17) is 9.47 Å². The van der Waals surface area contributed by atoms with Crippen molar-refractivity contribution in [1.29, 1.82) is 0 Å². The van der Waals surface area contributed by atoms with Crippen molar-refractivity contribution in [2.45, 2.75) is 44.8 Å². The third-order valence-electron chi connectivity index (χ3n) is 7.02. The van der Waals surface area contributed by atoms with Gasteiger partial charge in [0, 0.05) is 30.3 Å².